The average Bonchev–Trinajstić information content (AvgIpc) is 3.35. The van der Waals surface area contributed by atoms with Gasteiger partial charge in [0, 0.05) is 48.4 Å². The van der Waals surface area contributed by atoms with E-state index in [2.05, 4.69) is 10.3 Å². The maximum Gasteiger partial charge on any atom is 0.419 e. The number of ether oxygens (including phenoxy) is 2. The molecule has 3 heterocycles. The van der Waals surface area contributed by atoms with Gasteiger partial charge in [0.15, 0.2) is 0 Å². The summed E-state index contributed by atoms with van der Waals surface area (Å²) in [5.41, 5.74) is 0.0680. The molecule has 3 aliphatic rings. The largest absolute Gasteiger partial charge is 0.489 e. The minimum Gasteiger partial charge on any atom is -0.489 e. The van der Waals surface area contributed by atoms with E-state index in [-0.39, 0.29) is 41.6 Å². The number of Topliss-reactive ketones (excluding diaryl/α,β-unsaturated/α-hetero) is 1. The minimum atomic E-state index is -4.82. The SMILES string of the molecule is O=C(Cc1cccc(C(F)(F)F)c1F)C[C@@H]1[C@H]2Oc3ccc(Oc4ccnc5c4CCC(=O)N5)cc3[C@@H]12. The molecule has 0 unspecified atom stereocenters. The summed E-state index contributed by atoms with van der Waals surface area (Å²) in [5, 5.41) is 2.74. The molecule has 1 aliphatic carbocycles. The van der Waals surface area contributed by atoms with E-state index >= 15 is 0 Å². The summed E-state index contributed by atoms with van der Waals surface area (Å²) in [6.07, 6.45) is -2.95. The van der Waals surface area contributed by atoms with Crippen molar-refractivity contribution in [3.8, 4) is 17.2 Å². The first-order chi connectivity index (χ1) is 17.7. The topological polar surface area (TPSA) is 77.5 Å². The van der Waals surface area contributed by atoms with E-state index in [9.17, 15) is 27.2 Å². The molecule has 3 atom stereocenters. The van der Waals surface area contributed by atoms with Crippen LogP contribution in [0.4, 0.5) is 23.4 Å². The number of aromatic nitrogens is 1. The van der Waals surface area contributed by atoms with Crippen molar-refractivity contribution in [1.29, 1.82) is 0 Å². The summed E-state index contributed by atoms with van der Waals surface area (Å²) in [7, 11) is 0. The van der Waals surface area contributed by atoms with Crippen LogP contribution in [-0.2, 0) is 28.6 Å². The molecule has 1 N–H and O–H groups in total. The molecular weight excluding hydrogens is 492 g/mol. The van der Waals surface area contributed by atoms with E-state index < -0.39 is 24.0 Å². The van der Waals surface area contributed by atoms with E-state index in [0.717, 1.165) is 17.2 Å². The fourth-order valence-electron chi connectivity index (χ4n) is 5.22. The Balaban J connectivity index is 1.14. The van der Waals surface area contributed by atoms with Crippen LogP contribution < -0.4 is 14.8 Å². The van der Waals surface area contributed by atoms with E-state index in [1.807, 2.05) is 6.07 Å². The zero-order valence-electron chi connectivity index (χ0n) is 19.3. The molecule has 190 valence electrons. The van der Waals surface area contributed by atoms with Crippen LogP contribution >= 0.6 is 0 Å². The fraction of sp³-hybridized carbons (Fsp3) is 0.296. The van der Waals surface area contributed by atoms with Crippen LogP contribution in [-0.4, -0.2) is 22.8 Å². The molecule has 2 aliphatic heterocycles. The number of halogens is 4. The zero-order valence-corrected chi connectivity index (χ0v) is 19.3. The third-order valence-electron chi connectivity index (χ3n) is 7.04. The third-order valence-corrected chi connectivity index (χ3v) is 7.04. The molecule has 1 fully saturated rings. The van der Waals surface area contributed by atoms with Crippen LogP contribution in [0.1, 0.15) is 41.0 Å². The summed E-state index contributed by atoms with van der Waals surface area (Å²) in [6, 6.07) is 10.1. The molecule has 1 amide bonds. The van der Waals surface area contributed by atoms with Crippen molar-refractivity contribution < 1.29 is 36.6 Å². The first-order valence-electron chi connectivity index (χ1n) is 11.8. The van der Waals surface area contributed by atoms with Crippen molar-refractivity contribution in [3.63, 3.8) is 0 Å². The van der Waals surface area contributed by atoms with Crippen molar-refractivity contribution in [2.45, 2.75) is 43.9 Å². The summed E-state index contributed by atoms with van der Waals surface area (Å²) in [6.45, 7) is 0. The molecule has 0 radical (unpaired) electrons. The number of alkyl halides is 3. The molecule has 6 rings (SSSR count). The van der Waals surface area contributed by atoms with Crippen molar-refractivity contribution in [2.24, 2.45) is 5.92 Å². The number of carbonyl (C=O) groups excluding carboxylic acids is 2. The number of nitrogens with zero attached hydrogens (tertiary/aromatic N) is 1. The lowest BCUT2D eigenvalue weighted by molar-refractivity contribution is -0.140. The zero-order chi connectivity index (χ0) is 25.9. The molecule has 1 saturated carbocycles. The van der Waals surface area contributed by atoms with Crippen molar-refractivity contribution >= 4 is 17.5 Å². The lowest BCUT2D eigenvalue weighted by Gasteiger charge is -2.19. The number of amides is 1. The molecule has 1 aromatic heterocycles. The van der Waals surface area contributed by atoms with Crippen LogP contribution in [0.2, 0.25) is 0 Å². The first kappa shape index (κ1) is 23.4. The number of hydrogen-bond acceptors (Lipinski definition) is 5. The normalized spacial score (nSPS) is 21.3. The number of hydrogen-bond donors (Lipinski definition) is 1. The lowest BCUT2D eigenvalue weighted by Crippen LogP contribution is -2.20. The van der Waals surface area contributed by atoms with Gasteiger partial charge < -0.3 is 14.8 Å². The number of ketones is 1. The van der Waals surface area contributed by atoms with E-state index in [4.69, 9.17) is 9.47 Å². The monoisotopic (exact) mass is 512 g/mol. The summed E-state index contributed by atoms with van der Waals surface area (Å²) in [5.74, 6) is 0.314. The minimum absolute atomic E-state index is 0.0421. The Morgan fingerprint density at radius 3 is 2.81 bits per heavy atom. The van der Waals surface area contributed by atoms with Gasteiger partial charge in [0.05, 0.1) is 5.56 Å². The molecule has 2 aromatic carbocycles. The van der Waals surface area contributed by atoms with Gasteiger partial charge in [-0.3, -0.25) is 9.59 Å². The Hall–Kier alpha value is -3.95. The predicted molar refractivity (Wildman–Crippen MR) is 123 cm³/mol. The average molecular weight is 512 g/mol. The fourth-order valence-corrected chi connectivity index (χ4v) is 5.22. The Labute approximate surface area is 208 Å². The summed E-state index contributed by atoms with van der Waals surface area (Å²) in [4.78, 5) is 28.5. The summed E-state index contributed by atoms with van der Waals surface area (Å²) < 4.78 is 65.3. The van der Waals surface area contributed by atoms with E-state index in [0.29, 0.717) is 42.0 Å². The first-order valence-corrected chi connectivity index (χ1v) is 11.8. The van der Waals surface area contributed by atoms with Gasteiger partial charge in [-0.2, -0.15) is 13.2 Å². The molecule has 3 aromatic rings. The van der Waals surface area contributed by atoms with Crippen LogP contribution in [0.3, 0.4) is 0 Å². The highest BCUT2D eigenvalue weighted by Crippen LogP contribution is 2.60. The Kier molecular flexibility index (Phi) is 5.43. The highest BCUT2D eigenvalue weighted by atomic mass is 19.4. The van der Waals surface area contributed by atoms with Crippen molar-refractivity contribution in [2.75, 3.05) is 5.32 Å². The number of carbonyl (C=O) groups is 2. The van der Waals surface area contributed by atoms with Crippen LogP contribution in [0.5, 0.6) is 17.2 Å². The number of rotatable bonds is 6. The Bertz CT molecular complexity index is 1440. The molecule has 0 bridgehead atoms. The van der Waals surface area contributed by atoms with Gasteiger partial charge in [-0.15, -0.1) is 0 Å². The smallest absolute Gasteiger partial charge is 0.419 e. The number of benzene rings is 2. The Morgan fingerprint density at radius 1 is 1.16 bits per heavy atom. The van der Waals surface area contributed by atoms with Crippen molar-refractivity contribution in [3.05, 3.63) is 76.7 Å². The molecule has 0 saturated heterocycles. The third kappa shape index (κ3) is 4.30. The number of fused-ring (bicyclic) bond motifs is 4. The van der Waals surface area contributed by atoms with Gasteiger partial charge in [-0.25, -0.2) is 9.37 Å². The van der Waals surface area contributed by atoms with Gasteiger partial charge in [0.2, 0.25) is 5.91 Å². The summed E-state index contributed by atoms with van der Waals surface area (Å²) >= 11 is 0. The molecule has 6 nitrogen and oxygen atoms in total. The predicted octanol–water partition coefficient (Wildman–Crippen LogP) is 5.59. The van der Waals surface area contributed by atoms with Crippen LogP contribution in [0.15, 0.2) is 48.7 Å². The second-order valence-electron chi connectivity index (χ2n) is 9.45. The maximum atomic E-state index is 14.3. The van der Waals surface area contributed by atoms with Gasteiger partial charge >= 0.3 is 6.18 Å². The molecule has 10 heteroatoms. The molecule has 0 spiro atoms. The van der Waals surface area contributed by atoms with Gasteiger partial charge in [-0.1, -0.05) is 12.1 Å². The number of anilines is 1. The van der Waals surface area contributed by atoms with E-state index in [1.54, 1.807) is 24.4 Å². The van der Waals surface area contributed by atoms with Gasteiger partial charge in [0.25, 0.3) is 0 Å². The number of pyridine rings is 1. The highest BCUT2D eigenvalue weighted by Gasteiger charge is 2.59. The standard InChI is InChI=1S/C27H20F4N2O4/c28-24-13(2-1-3-19(24)27(29,30)31)10-14(34)11-18-23-17-12-15(4-6-20(17)37-25(18)23)36-21-8-9-32-26-16(21)5-7-22(35)33-26/h1-4,6,8-9,12,18,23,25H,5,7,10-11H2,(H,32,33,35)/t18-,23-,25+/m0/s1. The van der Waals surface area contributed by atoms with Gasteiger partial charge in [0.1, 0.15) is 40.8 Å². The lowest BCUT2D eigenvalue weighted by atomic mass is 9.99. The number of nitrogens with one attached hydrogen (secondary N) is 1. The molecular formula is C27H20F4N2O4. The maximum absolute atomic E-state index is 14.3. The quantitative estimate of drug-likeness (QED) is 0.436. The highest BCUT2D eigenvalue weighted by molar-refractivity contribution is 5.93. The second kappa shape index (κ2) is 8.57. The molecule has 37 heavy (non-hydrogen) atoms. The van der Waals surface area contributed by atoms with Gasteiger partial charge in [-0.05, 0) is 42.3 Å². The van der Waals surface area contributed by atoms with E-state index in [1.165, 1.54) is 6.07 Å². The van der Waals surface area contributed by atoms with Crippen LogP contribution in [0, 0.1) is 11.7 Å². The van der Waals surface area contributed by atoms with Crippen LogP contribution in [0.25, 0.3) is 0 Å². The Morgan fingerprint density at radius 2 is 2.00 bits per heavy atom. The van der Waals surface area contributed by atoms with Crippen molar-refractivity contribution in [1.82, 2.24) is 4.98 Å². The second-order valence-corrected chi connectivity index (χ2v) is 9.45.